The van der Waals surface area contributed by atoms with Crippen LogP contribution in [0.15, 0.2) is 24.3 Å². The second-order valence-electron chi connectivity index (χ2n) is 4.72. The molecular formula is C13H17NO4S. The number of amides is 1. The fraction of sp³-hybridized carbons (Fsp3) is 0.462. The molecule has 1 aromatic rings. The molecule has 1 aliphatic heterocycles. The first-order valence-electron chi connectivity index (χ1n) is 6.14. The highest BCUT2D eigenvalue weighted by molar-refractivity contribution is 7.91. The highest BCUT2D eigenvalue weighted by Crippen LogP contribution is 2.16. The molecule has 1 fully saturated rings. The van der Waals surface area contributed by atoms with Crippen molar-refractivity contribution in [2.24, 2.45) is 0 Å². The van der Waals surface area contributed by atoms with Crippen molar-refractivity contribution in [3.63, 3.8) is 0 Å². The normalized spacial score (nSPS) is 21.0. The maximum Gasteiger partial charge on any atom is 0.258 e. The van der Waals surface area contributed by atoms with E-state index in [-0.39, 0.29) is 30.1 Å². The Morgan fingerprint density at radius 2 is 2.16 bits per heavy atom. The average Bonchev–Trinajstić information content (AvgIpc) is 2.67. The minimum Gasteiger partial charge on any atom is -0.484 e. The molecular weight excluding hydrogens is 266 g/mol. The van der Waals surface area contributed by atoms with Crippen LogP contribution in [0.3, 0.4) is 0 Å². The molecule has 1 saturated heterocycles. The van der Waals surface area contributed by atoms with Crippen molar-refractivity contribution in [3.05, 3.63) is 29.8 Å². The Labute approximate surface area is 112 Å². The third-order valence-corrected chi connectivity index (χ3v) is 4.82. The van der Waals surface area contributed by atoms with E-state index in [1.165, 1.54) is 0 Å². The third kappa shape index (κ3) is 3.96. The molecule has 104 valence electrons. The van der Waals surface area contributed by atoms with Crippen molar-refractivity contribution in [2.45, 2.75) is 19.4 Å². The van der Waals surface area contributed by atoms with Gasteiger partial charge in [-0.15, -0.1) is 0 Å². The summed E-state index contributed by atoms with van der Waals surface area (Å²) in [4.78, 5) is 11.7. The summed E-state index contributed by atoms with van der Waals surface area (Å²) in [6.45, 7) is 1.80. The first-order chi connectivity index (χ1) is 8.96. The lowest BCUT2D eigenvalue weighted by atomic mass is 10.2. The summed E-state index contributed by atoms with van der Waals surface area (Å²) in [7, 11) is -2.97. The molecule has 1 amide bonds. The second kappa shape index (κ2) is 5.61. The minimum atomic E-state index is -2.97. The number of ether oxygens (including phenoxy) is 1. The van der Waals surface area contributed by atoms with Gasteiger partial charge in [0.1, 0.15) is 5.75 Å². The van der Waals surface area contributed by atoms with Gasteiger partial charge in [-0.3, -0.25) is 4.79 Å². The molecule has 0 radical (unpaired) electrons. The van der Waals surface area contributed by atoms with Crippen LogP contribution >= 0.6 is 0 Å². The Bertz CT molecular complexity index is 568. The Morgan fingerprint density at radius 3 is 2.79 bits per heavy atom. The zero-order valence-electron chi connectivity index (χ0n) is 10.8. The lowest BCUT2D eigenvalue weighted by Gasteiger charge is -2.12. The van der Waals surface area contributed by atoms with Crippen molar-refractivity contribution in [1.82, 2.24) is 5.32 Å². The smallest absolute Gasteiger partial charge is 0.258 e. The van der Waals surface area contributed by atoms with E-state index >= 15 is 0 Å². The van der Waals surface area contributed by atoms with Gasteiger partial charge in [-0.05, 0) is 25.0 Å². The van der Waals surface area contributed by atoms with Gasteiger partial charge in [0.25, 0.3) is 5.91 Å². The van der Waals surface area contributed by atoms with E-state index in [2.05, 4.69) is 5.32 Å². The SMILES string of the molecule is Cc1ccccc1OCC(=O)N[C@@H]1CCS(=O)(=O)C1. The first kappa shape index (κ1) is 13.9. The van der Waals surface area contributed by atoms with E-state index in [1.807, 2.05) is 25.1 Å². The maximum atomic E-state index is 11.7. The standard InChI is InChI=1S/C13H17NO4S/c1-10-4-2-3-5-12(10)18-8-13(15)14-11-6-7-19(16,17)9-11/h2-5,11H,6-9H2,1H3,(H,14,15)/t11-/m1/s1. The predicted octanol–water partition coefficient (Wildman–Crippen LogP) is 0.677. The fourth-order valence-electron chi connectivity index (χ4n) is 2.04. The Kier molecular flexibility index (Phi) is 4.09. The molecule has 1 N–H and O–H groups in total. The Hall–Kier alpha value is -1.56. The molecule has 2 rings (SSSR count). The fourth-order valence-corrected chi connectivity index (χ4v) is 3.71. The molecule has 1 heterocycles. The van der Waals surface area contributed by atoms with Gasteiger partial charge >= 0.3 is 0 Å². The van der Waals surface area contributed by atoms with Crippen molar-refractivity contribution < 1.29 is 17.9 Å². The van der Waals surface area contributed by atoms with E-state index in [9.17, 15) is 13.2 Å². The zero-order valence-corrected chi connectivity index (χ0v) is 11.6. The monoisotopic (exact) mass is 283 g/mol. The highest BCUT2D eigenvalue weighted by Gasteiger charge is 2.28. The van der Waals surface area contributed by atoms with E-state index in [0.717, 1.165) is 5.56 Å². The maximum absolute atomic E-state index is 11.7. The first-order valence-corrected chi connectivity index (χ1v) is 7.97. The highest BCUT2D eigenvalue weighted by atomic mass is 32.2. The van der Waals surface area contributed by atoms with Gasteiger partial charge in [0.05, 0.1) is 11.5 Å². The van der Waals surface area contributed by atoms with E-state index in [0.29, 0.717) is 12.2 Å². The molecule has 1 aliphatic rings. The summed E-state index contributed by atoms with van der Waals surface area (Å²) < 4.78 is 27.9. The molecule has 1 atom stereocenters. The van der Waals surface area contributed by atoms with Crippen LogP contribution in [0.25, 0.3) is 0 Å². The molecule has 0 aliphatic carbocycles. The summed E-state index contributed by atoms with van der Waals surface area (Å²) in [6, 6.07) is 7.15. The molecule has 0 unspecified atom stereocenters. The van der Waals surface area contributed by atoms with Gasteiger partial charge in [0.2, 0.25) is 0 Å². The van der Waals surface area contributed by atoms with E-state index < -0.39 is 9.84 Å². The van der Waals surface area contributed by atoms with Crippen LogP contribution in [0.2, 0.25) is 0 Å². The third-order valence-electron chi connectivity index (χ3n) is 3.05. The molecule has 19 heavy (non-hydrogen) atoms. The molecule has 0 aromatic heterocycles. The zero-order chi connectivity index (χ0) is 13.9. The molecule has 5 nitrogen and oxygen atoms in total. The summed E-state index contributed by atoms with van der Waals surface area (Å²) in [5.41, 5.74) is 0.957. The van der Waals surface area contributed by atoms with Crippen LogP contribution in [0.5, 0.6) is 5.75 Å². The van der Waals surface area contributed by atoms with Gasteiger partial charge in [0, 0.05) is 6.04 Å². The van der Waals surface area contributed by atoms with Gasteiger partial charge in [-0.2, -0.15) is 0 Å². The number of para-hydroxylation sites is 1. The minimum absolute atomic E-state index is 0.0309. The van der Waals surface area contributed by atoms with Crippen molar-refractivity contribution >= 4 is 15.7 Å². The van der Waals surface area contributed by atoms with Crippen LogP contribution in [0.1, 0.15) is 12.0 Å². The number of sulfone groups is 1. The number of nitrogens with one attached hydrogen (secondary N) is 1. The van der Waals surface area contributed by atoms with Gasteiger partial charge in [-0.25, -0.2) is 8.42 Å². The quantitative estimate of drug-likeness (QED) is 0.882. The number of benzene rings is 1. The number of hydrogen-bond donors (Lipinski definition) is 1. The molecule has 6 heteroatoms. The number of carbonyl (C=O) groups excluding carboxylic acids is 1. The van der Waals surface area contributed by atoms with E-state index in [1.54, 1.807) is 6.07 Å². The van der Waals surface area contributed by atoms with Gasteiger partial charge < -0.3 is 10.1 Å². The number of carbonyl (C=O) groups is 1. The summed E-state index contributed by atoms with van der Waals surface area (Å²) in [6.07, 6.45) is 0.485. The molecule has 0 bridgehead atoms. The van der Waals surface area contributed by atoms with Crippen LogP contribution in [-0.4, -0.2) is 38.5 Å². The van der Waals surface area contributed by atoms with Gasteiger partial charge in [-0.1, -0.05) is 18.2 Å². The van der Waals surface area contributed by atoms with Crippen LogP contribution in [0, 0.1) is 6.92 Å². The lowest BCUT2D eigenvalue weighted by Crippen LogP contribution is -2.38. The summed E-state index contributed by atoms with van der Waals surface area (Å²) >= 11 is 0. The predicted molar refractivity (Wildman–Crippen MR) is 71.9 cm³/mol. The summed E-state index contributed by atoms with van der Waals surface area (Å²) in [5, 5.41) is 2.68. The van der Waals surface area contributed by atoms with Gasteiger partial charge in [0.15, 0.2) is 16.4 Å². The number of rotatable bonds is 4. The molecule has 0 spiro atoms. The van der Waals surface area contributed by atoms with Crippen molar-refractivity contribution in [2.75, 3.05) is 18.1 Å². The Balaban J connectivity index is 1.81. The molecule has 1 aromatic carbocycles. The van der Waals surface area contributed by atoms with E-state index in [4.69, 9.17) is 4.74 Å². The number of hydrogen-bond acceptors (Lipinski definition) is 4. The topological polar surface area (TPSA) is 72.5 Å². The van der Waals surface area contributed by atoms with Crippen molar-refractivity contribution in [1.29, 1.82) is 0 Å². The Morgan fingerprint density at radius 1 is 1.42 bits per heavy atom. The largest absolute Gasteiger partial charge is 0.484 e. The van der Waals surface area contributed by atoms with Crippen LogP contribution in [-0.2, 0) is 14.6 Å². The lowest BCUT2D eigenvalue weighted by molar-refractivity contribution is -0.123. The molecule has 0 saturated carbocycles. The van der Waals surface area contributed by atoms with Crippen LogP contribution in [0.4, 0.5) is 0 Å². The average molecular weight is 283 g/mol. The number of aryl methyl sites for hydroxylation is 1. The second-order valence-corrected chi connectivity index (χ2v) is 6.95. The van der Waals surface area contributed by atoms with Crippen molar-refractivity contribution in [3.8, 4) is 5.75 Å². The van der Waals surface area contributed by atoms with Crippen LogP contribution < -0.4 is 10.1 Å². The summed E-state index contributed by atoms with van der Waals surface area (Å²) in [5.74, 6) is 0.557.